The Morgan fingerprint density at radius 1 is 1.29 bits per heavy atom. The maximum atomic E-state index is 11.7. The van der Waals surface area contributed by atoms with Crippen molar-refractivity contribution in [2.24, 2.45) is 0 Å². The molecule has 1 saturated carbocycles. The minimum atomic E-state index is -0.0332. The van der Waals surface area contributed by atoms with E-state index < -0.39 is 0 Å². The highest BCUT2D eigenvalue weighted by Crippen LogP contribution is 2.26. The number of carbonyl (C=O) groups excluding carboxylic acids is 1. The van der Waals surface area contributed by atoms with Crippen molar-refractivity contribution in [2.75, 3.05) is 6.54 Å². The second-order valence-electron chi connectivity index (χ2n) is 5.23. The Hall–Kier alpha value is -0.730. The molecule has 2 rings (SSSR count). The lowest BCUT2D eigenvalue weighted by molar-refractivity contribution is 0.176. The standard InChI is InChI=1S/C11H20N2O/c1-11(2)8-13(10(14)12-11)9-6-4-3-5-7-9/h9H,3-8H2,1-2H3,(H,12,14). The molecule has 0 spiro atoms. The largest absolute Gasteiger partial charge is 0.331 e. The van der Waals surface area contributed by atoms with Crippen molar-refractivity contribution in [3.8, 4) is 0 Å². The molecular formula is C11H20N2O. The first-order chi connectivity index (χ1) is 6.58. The van der Waals surface area contributed by atoms with Crippen molar-refractivity contribution in [3.05, 3.63) is 0 Å². The first-order valence-electron chi connectivity index (χ1n) is 5.67. The van der Waals surface area contributed by atoms with E-state index in [-0.39, 0.29) is 11.6 Å². The lowest BCUT2D eigenvalue weighted by Crippen LogP contribution is -2.39. The van der Waals surface area contributed by atoms with Crippen LogP contribution in [0.3, 0.4) is 0 Å². The highest BCUT2D eigenvalue weighted by atomic mass is 16.2. The van der Waals surface area contributed by atoms with Crippen LogP contribution in [0.4, 0.5) is 4.79 Å². The fourth-order valence-corrected chi connectivity index (χ4v) is 2.59. The molecule has 0 aromatic heterocycles. The molecule has 1 heterocycles. The summed E-state index contributed by atoms with van der Waals surface area (Å²) < 4.78 is 0. The third-order valence-corrected chi connectivity index (χ3v) is 3.29. The van der Waals surface area contributed by atoms with Crippen molar-refractivity contribution < 1.29 is 4.79 Å². The molecule has 1 N–H and O–H groups in total. The predicted molar refractivity (Wildman–Crippen MR) is 56.2 cm³/mol. The molecule has 1 saturated heterocycles. The molecule has 14 heavy (non-hydrogen) atoms. The number of carbonyl (C=O) groups is 1. The van der Waals surface area contributed by atoms with E-state index in [1.165, 1.54) is 32.1 Å². The summed E-state index contributed by atoms with van der Waals surface area (Å²) in [5, 5.41) is 3.03. The van der Waals surface area contributed by atoms with Crippen LogP contribution in [0.25, 0.3) is 0 Å². The molecule has 3 heteroatoms. The Kier molecular flexibility index (Phi) is 2.41. The zero-order chi connectivity index (χ0) is 10.2. The summed E-state index contributed by atoms with van der Waals surface area (Å²) in [7, 11) is 0. The summed E-state index contributed by atoms with van der Waals surface area (Å²) in [6, 6.07) is 0.646. The average molecular weight is 196 g/mol. The zero-order valence-corrected chi connectivity index (χ0v) is 9.18. The number of urea groups is 1. The molecule has 80 valence electrons. The number of nitrogens with zero attached hydrogens (tertiary/aromatic N) is 1. The smallest absolute Gasteiger partial charge is 0.318 e. The molecule has 0 atom stereocenters. The van der Waals surface area contributed by atoms with E-state index in [0.717, 1.165) is 6.54 Å². The Morgan fingerprint density at radius 2 is 1.93 bits per heavy atom. The average Bonchev–Trinajstić information content (AvgIpc) is 2.41. The molecule has 2 aliphatic rings. The van der Waals surface area contributed by atoms with Crippen LogP contribution in [-0.4, -0.2) is 29.1 Å². The predicted octanol–water partition coefficient (Wildman–Crippen LogP) is 2.12. The van der Waals surface area contributed by atoms with E-state index in [4.69, 9.17) is 0 Å². The van der Waals surface area contributed by atoms with Gasteiger partial charge in [0, 0.05) is 12.6 Å². The molecule has 2 fully saturated rings. The Labute approximate surface area is 85.8 Å². The van der Waals surface area contributed by atoms with E-state index >= 15 is 0 Å². The molecule has 2 amide bonds. The van der Waals surface area contributed by atoms with Gasteiger partial charge >= 0.3 is 6.03 Å². The molecule has 0 aromatic carbocycles. The SMILES string of the molecule is CC1(C)CN(C2CCCCC2)C(=O)N1. The van der Waals surface area contributed by atoms with Gasteiger partial charge in [0.1, 0.15) is 0 Å². The summed E-state index contributed by atoms with van der Waals surface area (Å²) >= 11 is 0. The Morgan fingerprint density at radius 3 is 2.43 bits per heavy atom. The van der Waals surface area contributed by atoms with E-state index in [1.807, 2.05) is 4.90 Å². The fourth-order valence-electron chi connectivity index (χ4n) is 2.59. The van der Waals surface area contributed by atoms with Gasteiger partial charge in [-0.15, -0.1) is 0 Å². The first kappa shape index (κ1) is 9.81. The Bertz CT molecular complexity index is 231. The number of amides is 2. The maximum absolute atomic E-state index is 11.7. The van der Waals surface area contributed by atoms with Crippen LogP contribution in [-0.2, 0) is 0 Å². The molecule has 0 unspecified atom stereocenters. The quantitative estimate of drug-likeness (QED) is 0.684. The van der Waals surface area contributed by atoms with E-state index in [9.17, 15) is 4.79 Å². The molecule has 0 aromatic rings. The van der Waals surface area contributed by atoms with Crippen LogP contribution in [0, 0.1) is 0 Å². The van der Waals surface area contributed by atoms with Gasteiger partial charge in [0.15, 0.2) is 0 Å². The second kappa shape index (κ2) is 3.44. The highest BCUT2D eigenvalue weighted by Gasteiger charge is 2.38. The number of hydrogen-bond donors (Lipinski definition) is 1. The summed E-state index contributed by atoms with van der Waals surface area (Å²) in [5.41, 5.74) is -0.0332. The molecule has 0 bridgehead atoms. The summed E-state index contributed by atoms with van der Waals surface area (Å²) in [6.45, 7) is 5.05. The molecule has 0 radical (unpaired) electrons. The van der Waals surface area contributed by atoms with Gasteiger partial charge in [-0.3, -0.25) is 0 Å². The van der Waals surface area contributed by atoms with Crippen LogP contribution in [0.1, 0.15) is 46.0 Å². The van der Waals surface area contributed by atoms with Crippen LogP contribution < -0.4 is 5.32 Å². The van der Waals surface area contributed by atoms with E-state index in [2.05, 4.69) is 19.2 Å². The van der Waals surface area contributed by atoms with E-state index in [1.54, 1.807) is 0 Å². The van der Waals surface area contributed by atoms with Gasteiger partial charge in [-0.25, -0.2) is 4.79 Å². The lowest BCUT2D eigenvalue weighted by Gasteiger charge is -2.30. The Balaban J connectivity index is 2.00. The zero-order valence-electron chi connectivity index (χ0n) is 9.18. The molecular weight excluding hydrogens is 176 g/mol. The van der Waals surface area contributed by atoms with E-state index in [0.29, 0.717) is 6.04 Å². The minimum Gasteiger partial charge on any atom is -0.331 e. The second-order valence-corrected chi connectivity index (χ2v) is 5.23. The summed E-state index contributed by atoms with van der Waals surface area (Å²) in [4.78, 5) is 13.7. The van der Waals surface area contributed by atoms with Crippen molar-refractivity contribution >= 4 is 6.03 Å². The monoisotopic (exact) mass is 196 g/mol. The van der Waals surface area contributed by atoms with Gasteiger partial charge in [-0.1, -0.05) is 19.3 Å². The summed E-state index contributed by atoms with van der Waals surface area (Å²) in [5.74, 6) is 0. The van der Waals surface area contributed by atoms with Gasteiger partial charge < -0.3 is 10.2 Å². The van der Waals surface area contributed by atoms with Crippen LogP contribution in [0.15, 0.2) is 0 Å². The normalized spacial score (nSPS) is 27.9. The third kappa shape index (κ3) is 1.86. The lowest BCUT2D eigenvalue weighted by atomic mass is 9.94. The van der Waals surface area contributed by atoms with Crippen LogP contribution in [0.2, 0.25) is 0 Å². The molecule has 1 aliphatic carbocycles. The van der Waals surface area contributed by atoms with Crippen LogP contribution in [0.5, 0.6) is 0 Å². The maximum Gasteiger partial charge on any atom is 0.318 e. The van der Waals surface area contributed by atoms with Gasteiger partial charge in [-0.2, -0.15) is 0 Å². The molecule has 1 aliphatic heterocycles. The van der Waals surface area contributed by atoms with Crippen molar-refractivity contribution in [2.45, 2.75) is 57.5 Å². The van der Waals surface area contributed by atoms with Gasteiger partial charge in [0.2, 0.25) is 0 Å². The van der Waals surface area contributed by atoms with Gasteiger partial charge in [-0.05, 0) is 26.7 Å². The number of hydrogen-bond acceptors (Lipinski definition) is 1. The first-order valence-corrected chi connectivity index (χ1v) is 5.67. The fraction of sp³-hybridized carbons (Fsp3) is 0.909. The van der Waals surface area contributed by atoms with Gasteiger partial charge in [0.25, 0.3) is 0 Å². The summed E-state index contributed by atoms with van der Waals surface area (Å²) in [6.07, 6.45) is 6.31. The van der Waals surface area contributed by atoms with Crippen molar-refractivity contribution in [3.63, 3.8) is 0 Å². The van der Waals surface area contributed by atoms with Gasteiger partial charge in [0.05, 0.1) is 5.54 Å². The topological polar surface area (TPSA) is 32.3 Å². The number of rotatable bonds is 1. The highest BCUT2D eigenvalue weighted by molar-refractivity contribution is 5.78. The van der Waals surface area contributed by atoms with Crippen molar-refractivity contribution in [1.29, 1.82) is 0 Å². The minimum absolute atomic E-state index is 0.0332. The number of nitrogens with one attached hydrogen (secondary N) is 1. The van der Waals surface area contributed by atoms with Crippen molar-refractivity contribution in [1.82, 2.24) is 10.2 Å². The molecule has 3 nitrogen and oxygen atoms in total. The van der Waals surface area contributed by atoms with Crippen LogP contribution >= 0.6 is 0 Å². The third-order valence-electron chi connectivity index (χ3n) is 3.29.